The second-order valence-electron chi connectivity index (χ2n) is 7.76. The number of benzene rings is 1. The zero-order valence-corrected chi connectivity index (χ0v) is 17.0. The molecule has 0 spiro atoms. The van der Waals surface area contributed by atoms with Gasteiger partial charge in [0, 0.05) is 37.7 Å². The van der Waals surface area contributed by atoms with E-state index in [-0.39, 0.29) is 36.1 Å². The van der Waals surface area contributed by atoms with Gasteiger partial charge in [0.1, 0.15) is 0 Å². The first kappa shape index (κ1) is 20.9. The molecule has 0 saturated carbocycles. The third-order valence-electron chi connectivity index (χ3n) is 5.15. The molecule has 0 radical (unpaired) electrons. The van der Waals surface area contributed by atoms with Gasteiger partial charge in [0.05, 0.1) is 6.54 Å². The number of anilines is 1. The first-order chi connectivity index (χ1) is 12.7. The normalized spacial score (nSPS) is 15.0. The summed E-state index contributed by atoms with van der Waals surface area (Å²) in [4.78, 5) is 40.4. The van der Waals surface area contributed by atoms with Gasteiger partial charge in [-0.2, -0.15) is 0 Å². The molecule has 0 aromatic heterocycles. The van der Waals surface area contributed by atoms with Crippen molar-refractivity contribution in [2.45, 2.75) is 40.5 Å². The van der Waals surface area contributed by atoms with Gasteiger partial charge in [0.15, 0.2) is 0 Å². The predicted octanol–water partition coefficient (Wildman–Crippen LogP) is 2.59. The number of nitrogens with zero attached hydrogens (tertiary/aromatic N) is 2. The molecule has 1 aromatic rings. The number of amides is 3. The van der Waals surface area contributed by atoms with Crippen LogP contribution in [-0.4, -0.2) is 54.2 Å². The van der Waals surface area contributed by atoms with Crippen LogP contribution in [-0.2, 0) is 14.4 Å². The van der Waals surface area contributed by atoms with E-state index in [2.05, 4.69) is 5.32 Å². The van der Waals surface area contributed by atoms with E-state index in [1.54, 1.807) is 7.05 Å². The third kappa shape index (κ3) is 5.31. The number of likely N-dealkylation sites (tertiary alicyclic amines) is 1. The second-order valence-corrected chi connectivity index (χ2v) is 7.76. The van der Waals surface area contributed by atoms with Crippen LogP contribution in [0.2, 0.25) is 0 Å². The number of hydrogen-bond donors (Lipinski definition) is 1. The summed E-state index contributed by atoms with van der Waals surface area (Å²) in [5.74, 6) is -0.228. The lowest BCUT2D eigenvalue weighted by Crippen LogP contribution is -2.45. The van der Waals surface area contributed by atoms with Crippen LogP contribution in [0, 0.1) is 25.7 Å². The number of hydrogen-bond acceptors (Lipinski definition) is 3. The number of likely N-dealkylation sites (N-methyl/N-ethyl adjacent to an activating group) is 1. The van der Waals surface area contributed by atoms with Crippen molar-refractivity contribution in [3.8, 4) is 0 Å². The summed E-state index contributed by atoms with van der Waals surface area (Å²) in [6.07, 6.45) is 1.31. The molecular formula is C21H31N3O3. The Morgan fingerprint density at radius 3 is 2.22 bits per heavy atom. The molecule has 1 saturated heterocycles. The topological polar surface area (TPSA) is 69.7 Å². The summed E-state index contributed by atoms with van der Waals surface area (Å²) in [6, 6.07) is 5.85. The van der Waals surface area contributed by atoms with Crippen molar-refractivity contribution in [1.29, 1.82) is 0 Å². The van der Waals surface area contributed by atoms with Gasteiger partial charge in [-0.1, -0.05) is 32.0 Å². The maximum Gasteiger partial charge on any atom is 0.243 e. The van der Waals surface area contributed by atoms with E-state index in [0.29, 0.717) is 25.9 Å². The fourth-order valence-electron chi connectivity index (χ4n) is 3.51. The van der Waals surface area contributed by atoms with Crippen molar-refractivity contribution < 1.29 is 14.4 Å². The average Bonchev–Trinajstić information content (AvgIpc) is 2.63. The molecule has 6 heteroatoms. The minimum atomic E-state index is -0.198. The van der Waals surface area contributed by atoms with Crippen LogP contribution in [0.25, 0.3) is 0 Å². The Hall–Kier alpha value is -2.37. The number of aryl methyl sites for hydroxylation is 2. The van der Waals surface area contributed by atoms with Crippen molar-refractivity contribution in [1.82, 2.24) is 9.80 Å². The lowest BCUT2D eigenvalue weighted by atomic mass is 9.94. The fraction of sp³-hybridized carbons (Fsp3) is 0.571. The number of carbonyl (C=O) groups is 3. The molecule has 148 valence electrons. The molecule has 0 aliphatic carbocycles. The summed E-state index contributed by atoms with van der Waals surface area (Å²) in [7, 11) is 1.66. The van der Waals surface area contributed by atoms with Gasteiger partial charge >= 0.3 is 0 Å². The Labute approximate surface area is 161 Å². The van der Waals surface area contributed by atoms with Gasteiger partial charge in [-0.3, -0.25) is 14.4 Å². The minimum absolute atomic E-state index is 0.0199. The van der Waals surface area contributed by atoms with Crippen molar-refractivity contribution in [2.75, 3.05) is 32.0 Å². The average molecular weight is 373 g/mol. The Morgan fingerprint density at radius 1 is 1.15 bits per heavy atom. The van der Waals surface area contributed by atoms with Crippen LogP contribution in [0.3, 0.4) is 0 Å². The molecule has 27 heavy (non-hydrogen) atoms. The molecule has 1 aromatic carbocycles. The number of para-hydroxylation sites is 1. The first-order valence-corrected chi connectivity index (χ1v) is 9.60. The number of rotatable bonds is 5. The van der Waals surface area contributed by atoms with Gasteiger partial charge in [0.2, 0.25) is 17.7 Å². The maximum atomic E-state index is 12.7. The highest BCUT2D eigenvalue weighted by molar-refractivity contribution is 5.96. The van der Waals surface area contributed by atoms with Crippen molar-refractivity contribution in [3.05, 3.63) is 29.3 Å². The quantitative estimate of drug-likeness (QED) is 0.862. The van der Waals surface area contributed by atoms with Crippen molar-refractivity contribution >= 4 is 23.4 Å². The predicted molar refractivity (Wildman–Crippen MR) is 106 cm³/mol. The summed E-state index contributed by atoms with van der Waals surface area (Å²) in [5.41, 5.74) is 2.81. The molecule has 2 rings (SSSR count). The van der Waals surface area contributed by atoms with E-state index in [1.807, 2.05) is 50.8 Å². The highest BCUT2D eigenvalue weighted by Crippen LogP contribution is 2.22. The summed E-state index contributed by atoms with van der Waals surface area (Å²) in [5, 5.41) is 2.92. The summed E-state index contributed by atoms with van der Waals surface area (Å²) < 4.78 is 0. The molecule has 1 fully saturated rings. The van der Waals surface area contributed by atoms with Crippen LogP contribution < -0.4 is 5.32 Å². The monoisotopic (exact) mass is 373 g/mol. The lowest BCUT2D eigenvalue weighted by Gasteiger charge is -2.34. The number of piperidine rings is 1. The smallest absolute Gasteiger partial charge is 0.243 e. The molecule has 0 bridgehead atoms. The zero-order chi connectivity index (χ0) is 20.1. The van der Waals surface area contributed by atoms with E-state index in [0.717, 1.165) is 16.8 Å². The standard InChI is InChI=1S/C21H31N3O3/c1-14(2)20(26)24-11-9-17(10-12-24)21(27)23(5)13-18(25)22-19-15(3)7-6-8-16(19)4/h6-8,14,17H,9-13H2,1-5H3,(H,22,25). The zero-order valence-electron chi connectivity index (χ0n) is 17.0. The number of carbonyl (C=O) groups excluding carboxylic acids is 3. The molecule has 1 N–H and O–H groups in total. The minimum Gasteiger partial charge on any atom is -0.342 e. The molecule has 1 aliphatic rings. The Balaban J connectivity index is 1.87. The Morgan fingerprint density at radius 2 is 1.70 bits per heavy atom. The second kappa shape index (κ2) is 9.02. The van der Waals surface area contributed by atoms with E-state index in [4.69, 9.17) is 0 Å². The van der Waals surface area contributed by atoms with Crippen LogP contribution in [0.1, 0.15) is 37.8 Å². The van der Waals surface area contributed by atoms with E-state index < -0.39 is 0 Å². The molecule has 1 aliphatic heterocycles. The molecule has 0 unspecified atom stereocenters. The highest BCUT2D eigenvalue weighted by Gasteiger charge is 2.30. The maximum absolute atomic E-state index is 12.7. The van der Waals surface area contributed by atoms with Crippen molar-refractivity contribution in [3.63, 3.8) is 0 Å². The molecule has 1 heterocycles. The van der Waals surface area contributed by atoms with Crippen LogP contribution in [0.15, 0.2) is 18.2 Å². The summed E-state index contributed by atoms with van der Waals surface area (Å²) >= 11 is 0. The van der Waals surface area contributed by atoms with Gasteiger partial charge in [-0.15, -0.1) is 0 Å². The van der Waals surface area contributed by atoms with Crippen LogP contribution in [0.5, 0.6) is 0 Å². The summed E-state index contributed by atoms with van der Waals surface area (Å²) in [6.45, 7) is 8.92. The van der Waals surface area contributed by atoms with Crippen molar-refractivity contribution in [2.24, 2.45) is 11.8 Å². The fourth-order valence-corrected chi connectivity index (χ4v) is 3.51. The van der Waals surface area contributed by atoms with Gasteiger partial charge < -0.3 is 15.1 Å². The van der Waals surface area contributed by atoms with Gasteiger partial charge in [-0.05, 0) is 37.8 Å². The SMILES string of the molecule is Cc1cccc(C)c1NC(=O)CN(C)C(=O)C1CCN(C(=O)C(C)C)CC1. The Kier molecular flexibility index (Phi) is 6.99. The molecule has 3 amide bonds. The molecule has 6 nitrogen and oxygen atoms in total. The van der Waals surface area contributed by atoms with E-state index in [9.17, 15) is 14.4 Å². The number of nitrogens with one attached hydrogen (secondary N) is 1. The van der Waals surface area contributed by atoms with E-state index >= 15 is 0 Å². The Bertz CT molecular complexity index is 686. The third-order valence-corrected chi connectivity index (χ3v) is 5.15. The molecular weight excluding hydrogens is 342 g/mol. The van der Waals surface area contributed by atoms with Crippen LogP contribution >= 0.6 is 0 Å². The largest absolute Gasteiger partial charge is 0.342 e. The first-order valence-electron chi connectivity index (χ1n) is 9.60. The highest BCUT2D eigenvalue weighted by atomic mass is 16.2. The van der Waals surface area contributed by atoms with Gasteiger partial charge in [0.25, 0.3) is 0 Å². The lowest BCUT2D eigenvalue weighted by molar-refractivity contribution is -0.142. The van der Waals surface area contributed by atoms with Gasteiger partial charge in [-0.25, -0.2) is 0 Å². The van der Waals surface area contributed by atoms with E-state index in [1.165, 1.54) is 4.90 Å². The molecule has 0 atom stereocenters. The van der Waals surface area contributed by atoms with Crippen LogP contribution in [0.4, 0.5) is 5.69 Å².